The second kappa shape index (κ2) is 13.3. The number of aromatic nitrogens is 1. The van der Waals surface area contributed by atoms with Crippen molar-refractivity contribution in [3.05, 3.63) is 111 Å². The molecule has 6 rings (SSSR count). The van der Waals surface area contributed by atoms with Gasteiger partial charge in [0.25, 0.3) is 35.9 Å². The monoisotopic (exact) mass is 747 g/mol. The molecule has 0 fully saturated rings. The van der Waals surface area contributed by atoms with Gasteiger partial charge in [0, 0.05) is 29.1 Å². The van der Waals surface area contributed by atoms with Crippen molar-refractivity contribution in [2.75, 3.05) is 5.32 Å². The maximum Gasteiger partial charge on any atom is 0.296 e. The Morgan fingerprint density at radius 2 is 1.24 bits per heavy atom. The van der Waals surface area contributed by atoms with Crippen LogP contribution in [0.1, 0.15) is 31.8 Å². The van der Waals surface area contributed by atoms with Crippen LogP contribution in [-0.4, -0.2) is 55.0 Å². The lowest BCUT2D eigenvalue weighted by molar-refractivity contribution is 0.102. The number of carbonyl (C=O) groups excluding carboxylic acids is 2. The van der Waals surface area contributed by atoms with E-state index in [2.05, 4.69) is 5.32 Å². The smallest absolute Gasteiger partial charge is 0.296 e. The number of fused-ring (bicyclic) bond motifs is 2. The molecule has 0 unspecified atom stereocenters. The molecule has 17 nitrogen and oxygen atoms in total. The first-order valence-electron chi connectivity index (χ1n) is 13.2. The predicted octanol–water partition coefficient (Wildman–Crippen LogP) is 3.95. The van der Waals surface area contributed by atoms with Crippen LogP contribution in [-0.2, 0) is 37.4 Å². The first-order valence-corrected chi connectivity index (χ1v) is 17.5. The molecule has 13 N–H and O–H groups in total. The van der Waals surface area contributed by atoms with Crippen molar-refractivity contribution in [2.24, 2.45) is 7.05 Å². The zero-order valence-electron chi connectivity index (χ0n) is 25.8. The molecule has 0 bridgehead atoms. The molecule has 1 heterocycles. The second-order valence-corrected chi connectivity index (χ2v) is 14.7. The minimum atomic E-state index is -5.10. The number of carbonyl (C=O) groups is 2. The number of rotatable bonds is 7. The summed E-state index contributed by atoms with van der Waals surface area (Å²) in [6, 6.07) is 15.6. The van der Waals surface area contributed by atoms with Crippen molar-refractivity contribution >= 4 is 64.2 Å². The standard InChI is InChI=1S/C30H20N2O12S3.3H3N/c1-32-22-12-11-21(31-20-10-9-17(46(39,40)41)14-23(20)47(42,43)44)25-26(22)24(18-7-2-3-8-19(18)29(25)34)27(30(32)35)28(33)15-5-4-6-16(13-15)45(36,37)38;;;/h2-14,31H,1H3,(H,36,37,38)(H,39,40,41)(H,42,43,44);3*1H3. The van der Waals surface area contributed by atoms with Crippen LogP contribution in [0.2, 0.25) is 0 Å². The van der Waals surface area contributed by atoms with Crippen LogP contribution in [0.25, 0.3) is 22.0 Å². The molecule has 5 aromatic rings. The van der Waals surface area contributed by atoms with Crippen LogP contribution >= 0.6 is 0 Å². The van der Waals surface area contributed by atoms with Crippen molar-refractivity contribution in [1.29, 1.82) is 0 Å². The van der Waals surface area contributed by atoms with Crippen LogP contribution in [0.4, 0.5) is 11.4 Å². The van der Waals surface area contributed by atoms with Crippen molar-refractivity contribution in [2.45, 2.75) is 14.7 Å². The Kier molecular flexibility index (Phi) is 10.4. The lowest BCUT2D eigenvalue weighted by Gasteiger charge is -2.26. The normalized spacial score (nSPS) is 12.2. The third kappa shape index (κ3) is 6.45. The van der Waals surface area contributed by atoms with Gasteiger partial charge in [-0.2, -0.15) is 25.3 Å². The Morgan fingerprint density at radius 1 is 0.660 bits per heavy atom. The molecule has 4 aromatic carbocycles. The number of hydrogen-bond acceptors (Lipinski definition) is 13. The van der Waals surface area contributed by atoms with Gasteiger partial charge in [0.15, 0.2) is 11.6 Å². The van der Waals surface area contributed by atoms with Gasteiger partial charge in [-0.15, -0.1) is 0 Å². The summed E-state index contributed by atoms with van der Waals surface area (Å²) in [6.07, 6.45) is 0. The molecule has 1 aliphatic rings. The maximum atomic E-state index is 14.1. The topological polar surface area (TPSA) is 336 Å². The van der Waals surface area contributed by atoms with E-state index in [0.29, 0.717) is 6.07 Å². The van der Waals surface area contributed by atoms with Crippen LogP contribution in [0.15, 0.2) is 98.3 Å². The molecule has 0 radical (unpaired) electrons. The van der Waals surface area contributed by atoms with E-state index < -0.39 is 67.7 Å². The number of nitrogens with one attached hydrogen (secondary N) is 1. The largest absolute Gasteiger partial charge is 0.354 e. The fourth-order valence-electron chi connectivity index (χ4n) is 5.55. The molecule has 1 aromatic heterocycles. The maximum absolute atomic E-state index is 14.1. The van der Waals surface area contributed by atoms with Gasteiger partial charge < -0.3 is 28.3 Å². The van der Waals surface area contributed by atoms with Crippen molar-refractivity contribution in [3.63, 3.8) is 0 Å². The summed E-state index contributed by atoms with van der Waals surface area (Å²) in [5, 5.41) is 2.82. The van der Waals surface area contributed by atoms with Gasteiger partial charge in [0.2, 0.25) is 0 Å². The van der Waals surface area contributed by atoms with Crippen LogP contribution < -0.4 is 29.3 Å². The Morgan fingerprint density at radius 3 is 1.84 bits per heavy atom. The van der Waals surface area contributed by atoms with E-state index in [1.165, 1.54) is 49.5 Å². The zero-order valence-corrected chi connectivity index (χ0v) is 28.3. The Labute approximate surface area is 284 Å². The number of nitrogens with zero attached hydrogens (tertiary/aromatic N) is 1. The van der Waals surface area contributed by atoms with Gasteiger partial charge in [-0.05, 0) is 48.0 Å². The summed E-state index contributed by atoms with van der Waals surface area (Å²) < 4.78 is 101. The second-order valence-electron chi connectivity index (χ2n) is 10.4. The Bertz CT molecular complexity index is 2660. The molecule has 50 heavy (non-hydrogen) atoms. The van der Waals surface area contributed by atoms with E-state index in [4.69, 9.17) is 0 Å². The first-order chi connectivity index (χ1) is 21.9. The average molecular weight is 748 g/mol. The highest BCUT2D eigenvalue weighted by atomic mass is 32.2. The molecule has 0 amide bonds. The van der Waals surface area contributed by atoms with Gasteiger partial charge in [-0.3, -0.25) is 28.0 Å². The van der Waals surface area contributed by atoms with E-state index in [1.54, 1.807) is 6.07 Å². The van der Waals surface area contributed by atoms with E-state index in [1.807, 2.05) is 0 Å². The molecule has 20 heteroatoms. The summed E-state index contributed by atoms with van der Waals surface area (Å²) in [5.74, 6) is -1.52. The van der Waals surface area contributed by atoms with Crippen LogP contribution in [0, 0.1) is 0 Å². The van der Waals surface area contributed by atoms with E-state index in [-0.39, 0.29) is 68.5 Å². The summed E-state index contributed by atoms with van der Waals surface area (Å²) in [5.41, 5.74) is -1.56. The molecule has 0 aliphatic heterocycles. The lowest BCUT2D eigenvalue weighted by atomic mass is 9.80. The minimum absolute atomic E-state index is 0. The average Bonchev–Trinajstić information content (AvgIpc) is 3.00. The number of ketones is 2. The summed E-state index contributed by atoms with van der Waals surface area (Å²) >= 11 is 0. The van der Waals surface area contributed by atoms with Gasteiger partial charge in [0.05, 0.1) is 37.8 Å². The van der Waals surface area contributed by atoms with Crippen molar-refractivity contribution in [1.82, 2.24) is 23.0 Å². The number of anilines is 2. The minimum Gasteiger partial charge on any atom is -0.354 e. The summed E-state index contributed by atoms with van der Waals surface area (Å²) in [4.78, 5) is 39.6. The van der Waals surface area contributed by atoms with Crippen LogP contribution in [0.5, 0.6) is 0 Å². The van der Waals surface area contributed by atoms with Gasteiger partial charge >= 0.3 is 0 Å². The van der Waals surface area contributed by atoms with Gasteiger partial charge in [0.1, 0.15) is 4.90 Å². The SMILES string of the molecule is Cn1c(=O)c(C(=O)c2cccc(S(=O)(=O)O)c2)c2c3c(c(Nc4ccc(S(=O)(=O)O)cc4S(=O)(=O)O)ccc31)C(=O)c1ccccc1-2.N.N.N. The molecule has 0 saturated heterocycles. The van der Waals surface area contributed by atoms with Gasteiger partial charge in [-0.25, -0.2) is 0 Å². The fourth-order valence-corrected chi connectivity index (χ4v) is 7.33. The number of benzene rings is 4. The predicted molar refractivity (Wildman–Crippen MR) is 182 cm³/mol. The third-order valence-electron chi connectivity index (χ3n) is 7.65. The van der Waals surface area contributed by atoms with E-state index >= 15 is 0 Å². The first kappa shape index (κ1) is 39.3. The molecule has 0 spiro atoms. The summed E-state index contributed by atoms with van der Waals surface area (Å²) in [7, 11) is -13.4. The molecular weight excluding hydrogens is 719 g/mol. The van der Waals surface area contributed by atoms with E-state index in [9.17, 15) is 53.3 Å². The number of hydrogen-bond donors (Lipinski definition) is 7. The summed E-state index contributed by atoms with van der Waals surface area (Å²) in [6.45, 7) is 0. The molecule has 1 aliphatic carbocycles. The highest BCUT2D eigenvalue weighted by molar-refractivity contribution is 7.86. The fraction of sp³-hybridized carbons (Fsp3) is 0.0333. The highest BCUT2D eigenvalue weighted by Gasteiger charge is 2.34. The van der Waals surface area contributed by atoms with Crippen molar-refractivity contribution < 1.29 is 48.5 Å². The number of pyridine rings is 1. The molecule has 264 valence electrons. The van der Waals surface area contributed by atoms with Gasteiger partial charge in [-0.1, -0.05) is 36.4 Å². The third-order valence-corrected chi connectivity index (χ3v) is 10.2. The molecular formula is C30H29N5O12S3. The quantitative estimate of drug-likeness (QED) is 0.0897. The lowest BCUT2D eigenvalue weighted by Crippen LogP contribution is -2.29. The van der Waals surface area contributed by atoms with Crippen molar-refractivity contribution in [3.8, 4) is 11.1 Å². The van der Waals surface area contributed by atoms with E-state index in [0.717, 1.165) is 28.8 Å². The number of aryl methyl sites for hydroxylation is 1. The zero-order chi connectivity index (χ0) is 34.2. The molecule has 0 atom stereocenters. The van der Waals surface area contributed by atoms with Crippen LogP contribution in [0.3, 0.4) is 0 Å². The Balaban J connectivity index is 0.00000225. The Hall–Kier alpha value is -5.16. The highest BCUT2D eigenvalue weighted by Crippen LogP contribution is 2.44. The molecule has 0 saturated carbocycles.